The van der Waals surface area contributed by atoms with Crippen molar-refractivity contribution in [2.75, 3.05) is 6.54 Å². The van der Waals surface area contributed by atoms with Gasteiger partial charge in [-0.25, -0.2) is 0 Å². The van der Waals surface area contributed by atoms with Crippen LogP contribution in [-0.4, -0.2) is 28.4 Å². The number of rotatable bonds is 5. The topological polar surface area (TPSA) is 54.3 Å². The van der Waals surface area contributed by atoms with Crippen LogP contribution in [0.2, 0.25) is 0 Å². The van der Waals surface area contributed by atoms with E-state index in [4.69, 9.17) is 0 Å². The Balaban J connectivity index is 1.90. The molecule has 1 aromatic rings. The zero-order valence-corrected chi connectivity index (χ0v) is 10.5. The van der Waals surface area contributed by atoms with Crippen LogP contribution < -0.4 is 10.9 Å². The van der Waals surface area contributed by atoms with Gasteiger partial charge in [0.25, 0.3) is 5.56 Å². The molecule has 2 rings (SSSR count). The van der Waals surface area contributed by atoms with Crippen LogP contribution in [0.1, 0.15) is 12.8 Å². The zero-order valence-electron chi connectivity index (χ0n) is 8.90. The van der Waals surface area contributed by atoms with Crippen molar-refractivity contribution in [1.29, 1.82) is 0 Å². The number of aliphatic hydroxyl groups excluding tert-OH is 1. The van der Waals surface area contributed by atoms with Gasteiger partial charge in [-0.1, -0.05) is 0 Å². The van der Waals surface area contributed by atoms with Crippen molar-refractivity contribution in [3.8, 4) is 0 Å². The second-order valence-corrected chi connectivity index (χ2v) is 5.09. The molecule has 88 valence electrons. The zero-order chi connectivity index (χ0) is 11.5. The predicted molar refractivity (Wildman–Crippen MR) is 65.4 cm³/mol. The molecule has 2 N–H and O–H groups in total. The lowest BCUT2D eigenvalue weighted by Gasteiger charge is -2.13. The van der Waals surface area contributed by atoms with Gasteiger partial charge in [-0.05, 0) is 34.8 Å². The Kier molecular flexibility index (Phi) is 3.78. The second-order valence-electron chi connectivity index (χ2n) is 4.17. The summed E-state index contributed by atoms with van der Waals surface area (Å²) in [6.45, 7) is 0.877. The number of hydrogen-bond donors (Lipinski definition) is 2. The van der Waals surface area contributed by atoms with Crippen LogP contribution >= 0.6 is 15.9 Å². The summed E-state index contributed by atoms with van der Waals surface area (Å²) in [6.07, 6.45) is 3.57. The van der Waals surface area contributed by atoms with E-state index < -0.39 is 6.10 Å². The maximum Gasteiger partial charge on any atom is 0.250 e. The lowest BCUT2D eigenvalue weighted by molar-refractivity contribution is 0.149. The average molecular weight is 287 g/mol. The minimum absolute atomic E-state index is 0.0892. The number of nitrogens with one attached hydrogen (secondary N) is 1. The van der Waals surface area contributed by atoms with Crippen molar-refractivity contribution >= 4 is 15.9 Å². The van der Waals surface area contributed by atoms with E-state index in [-0.39, 0.29) is 5.56 Å². The van der Waals surface area contributed by atoms with E-state index in [2.05, 4.69) is 21.2 Å². The van der Waals surface area contributed by atoms with Crippen molar-refractivity contribution in [2.45, 2.75) is 31.5 Å². The quantitative estimate of drug-likeness (QED) is 0.839. The molecule has 0 spiro atoms. The summed E-state index contributed by atoms with van der Waals surface area (Å²) in [5.74, 6) is 0. The fraction of sp³-hybridized carbons (Fsp3) is 0.545. The fourth-order valence-electron chi connectivity index (χ4n) is 1.53. The number of aliphatic hydroxyl groups is 1. The molecule has 1 atom stereocenters. The molecule has 1 unspecified atom stereocenters. The van der Waals surface area contributed by atoms with Crippen molar-refractivity contribution in [1.82, 2.24) is 9.88 Å². The van der Waals surface area contributed by atoms with E-state index in [1.807, 2.05) is 0 Å². The minimum Gasteiger partial charge on any atom is -0.390 e. The molecule has 1 aromatic heterocycles. The molecule has 0 saturated heterocycles. The fourth-order valence-corrected chi connectivity index (χ4v) is 1.91. The van der Waals surface area contributed by atoms with Crippen molar-refractivity contribution < 1.29 is 5.11 Å². The van der Waals surface area contributed by atoms with Gasteiger partial charge in [-0.3, -0.25) is 4.79 Å². The third kappa shape index (κ3) is 3.43. The number of aromatic nitrogens is 1. The van der Waals surface area contributed by atoms with Crippen molar-refractivity contribution in [3.05, 3.63) is 33.2 Å². The molecule has 1 saturated carbocycles. The molecule has 16 heavy (non-hydrogen) atoms. The van der Waals surface area contributed by atoms with Crippen LogP contribution in [0.4, 0.5) is 0 Å². The molecule has 0 aromatic carbocycles. The Morgan fingerprint density at radius 3 is 3.00 bits per heavy atom. The molecule has 1 heterocycles. The Morgan fingerprint density at radius 2 is 2.31 bits per heavy atom. The van der Waals surface area contributed by atoms with Gasteiger partial charge in [0.1, 0.15) is 0 Å². The molecular weight excluding hydrogens is 272 g/mol. The standard InChI is InChI=1S/C11H15BrN2O2/c12-8-1-4-11(16)14(6-8)7-10(15)5-13-9-2-3-9/h1,4,6,9-10,13,15H,2-3,5,7H2. The minimum atomic E-state index is -0.521. The van der Waals surface area contributed by atoms with Gasteiger partial charge in [-0.2, -0.15) is 0 Å². The first-order chi connectivity index (χ1) is 7.65. The van der Waals surface area contributed by atoms with Crippen molar-refractivity contribution in [2.24, 2.45) is 0 Å². The molecule has 0 radical (unpaired) electrons. The van der Waals surface area contributed by atoms with Crippen LogP contribution in [0.5, 0.6) is 0 Å². The molecule has 4 nitrogen and oxygen atoms in total. The average Bonchev–Trinajstić information content (AvgIpc) is 3.04. The molecule has 0 bridgehead atoms. The summed E-state index contributed by atoms with van der Waals surface area (Å²) in [7, 11) is 0. The Bertz CT molecular complexity index is 415. The Morgan fingerprint density at radius 1 is 1.56 bits per heavy atom. The third-order valence-electron chi connectivity index (χ3n) is 2.57. The van der Waals surface area contributed by atoms with Gasteiger partial charge in [0.2, 0.25) is 0 Å². The molecule has 1 aliphatic rings. The third-order valence-corrected chi connectivity index (χ3v) is 3.04. The number of halogens is 1. The lowest BCUT2D eigenvalue weighted by atomic mass is 10.3. The van der Waals surface area contributed by atoms with E-state index in [0.717, 1.165) is 4.47 Å². The summed E-state index contributed by atoms with van der Waals surface area (Å²) in [4.78, 5) is 11.5. The summed E-state index contributed by atoms with van der Waals surface area (Å²) < 4.78 is 2.36. The number of pyridine rings is 1. The van der Waals surface area contributed by atoms with Crippen LogP contribution in [0.15, 0.2) is 27.6 Å². The largest absolute Gasteiger partial charge is 0.390 e. The smallest absolute Gasteiger partial charge is 0.250 e. The summed E-state index contributed by atoms with van der Waals surface area (Å²) in [5, 5.41) is 13.0. The van der Waals surface area contributed by atoms with Gasteiger partial charge in [0.05, 0.1) is 12.6 Å². The van der Waals surface area contributed by atoms with Gasteiger partial charge >= 0.3 is 0 Å². The highest BCUT2D eigenvalue weighted by Crippen LogP contribution is 2.18. The van der Waals surface area contributed by atoms with Gasteiger partial charge in [0.15, 0.2) is 0 Å². The van der Waals surface area contributed by atoms with Gasteiger partial charge in [0, 0.05) is 29.3 Å². The maximum absolute atomic E-state index is 11.5. The summed E-state index contributed by atoms with van der Waals surface area (Å²) >= 11 is 3.30. The van der Waals surface area contributed by atoms with E-state index in [0.29, 0.717) is 19.1 Å². The SMILES string of the molecule is O=c1ccc(Br)cn1CC(O)CNC1CC1. The van der Waals surface area contributed by atoms with Crippen molar-refractivity contribution in [3.63, 3.8) is 0 Å². The summed E-state index contributed by atoms with van der Waals surface area (Å²) in [5.41, 5.74) is -0.0892. The molecule has 5 heteroatoms. The normalized spacial score (nSPS) is 17.4. The highest BCUT2D eigenvalue weighted by molar-refractivity contribution is 9.10. The van der Waals surface area contributed by atoms with E-state index >= 15 is 0 Å². The molecule has 0 aliphatic heterocycles. The number of hydrogen-bond acceptors (Lipinski definition) is 3. The van der Waals surface area contributed by atoms with E-state index in [1.54, 1.807) is 12.3 Å². The summed E-state index contributed by atoms with van der Waals surface area (Å²) in [6, 6.07) is 3.77. The van der Waals surface area contributed by atoms with Crippen LogP contribution in [0, 0.1) is 0 Å². The highest BCUT2D eigenvalue weighted by Gasteiger charge is 2.21. The molecule has 0 amide bonds. The molecular formula is C11H15BrN2O2. The predicted octanol–water partition coefficient (Wildman–Crippen LogP) is 0.724. The number of nitrogens with zero attached hydrogens (tertiary/aromatic N) is 1. The Hall–Kier alpha value is -0.650. The monoisotopic (exact) mass is 286 g/mol. The van der Waals surface area contributed by atoms with E-state index in [9.17, 15) is 9.90 Å². The van der Waals surface area contributed by atoms with Gasteiger partial charge in [-0.15, -0.1) is 0 Å². The van der Waals surface area contributed by atoms with Crippen LogP contribution in [-0.2, 0) is 6.54 Å². The second kappa shape index (κ2) is 5.12. The molecule has 1 aliphatic carbocycles. The highest BCUT2D eigenvalue weighted by atomic mass is 79.9. The van der Waals surface area contributed by atoms with Gasteiger partial charge < -0.3 is 15.0 Å². The Labute approximate surface area is 102 Å². The maximum atomic E-state index is 11.5. The first-order valence-electron chi connectivity index (χ1n) is 5.42. The van der Waals surface area contributed by atoms with E-state index in [1.165, 1.54) is 23.5 Å². The lowest BCUT2D eigenvalue weighted by Crippen LogP contribution is -2.34. The first-order valence-corrected chi connectivity index (χ1v) is 6.22. The first kappa shape index (κ1) is 11.8. The molecule has 1 fully saturated rings. The van der Waals surface area contributed by atoms with Crippen LogP contribution in [0.25, 0.3) is 0 Å². The van der Waals surface area contributed by atoms with Crippen LogP contribution in [0.3, 0.4) is 0 Å².